The van der Waals surface area contributed by atoms with E-state index in [1.165, 1.54) is 0 Å². The van der Waals surface area contributed by atoms with Gasteiger partial charge in [-0.1, -0.05) is 18.2 Å². The number of hydrogen-bond donors (Lipinski definition) is 1. The average Bonchev–Trinajstić information content (AvgIpc) is 2.52. The first-order valence-corrected chi connectivity index (χ1v) is 6.36. The topological polar surface area (TPSA) is 39.7 Å². The molecule has 2 aromatic rings. The number of nitrogens with one attached hydrogen (secondary N) is 1. The first-order chi connectivity index (χ1) is 9.78. The zero-order chi connectivity index (χ0) is 14.4. The molecule has 0 heterocycles. The van der Waals surface area contributed by atoms with Crippen molar-refractivity contribution in [2.24, 2.45) is 0 Å². The van der Waals surface area contributed by atoms with Crippen LogP contribution in [-0.2, 0) is 6.54 Å². The summed E-state index contributed by atoms with van der Waals surface area (Å²) in [4.78, 5) is 0. The van der Waals surface area contributed by atoms with Gasteiger partial charge in [0.15, 0.2) is 0 Å². The van der Waals surface area contributed by atoms with Crippen LogP contribution in [-0.4, -0.2) is 21.3 Å². The van der Waals surface area contributed by atoms with Crippen LogP contribution in [0.3, 0.4) is 0 Å². The summed E-state index contributed by atoms with van der Waals surface area (Å²) >= 11 is 0. The SMILES string of the molecule is COc1cc(OC)c(CNc2ccccc2)c(OC)c1. The molecule has 0 atom stereocenters. The predicted molar refractivity (Wildman–Crippen MR) is 79.9 cm³/mol. The number of methoxy groups -OCH3 is 3. The van der Waals surface area contributed by atoms with Gasteiger partial charge >= 0.3 is 0 Å². The number of anilines is 1. The Morgan fingerprint density at radius 3 is 1.95 bits per heavy atom. The third-order valence-electron chi connectivity index (χ3n) is 3.06. The van der Waals surface area contributed by atoms with Gasteiger partial charge in [0.1, 0.15) is 17.2 Å². The summed E-state index contributed by atoms with van der Waals surface area (Å²) < 4.78 is 16.1. The Morgan fingerprint density at radius 1 is 0.850 bits per heavy atom. The first kappa shape index (κ1) is 14.1. The summed E-state index contributed by atoms with van der Waals surface area (Å²) in [5.41, 5.74) is 2.01. The monoisotopic (exact) mass is 273 g/mol. The van der Waals surface area contributed by atoms with Gasteiger partial charge in [-0.25, -0.2) is 0 Å². The molecule has 20 heavy (non-hydrogen) atoms. The molecule has 0 bridgehead atoms. The lowest BCUT2D eigenvalue weighted by Crippen LogP contribution is -2.04. The van der Waals surface area contributed by atoms with Gasteiger partial charge in [0.2, 0.25) is 0 Å². The molecule has 0 amide bonds. The Hall–Kier alpha value is -2.36. The van der Waals surface area contributed by atoms with E-state index in [4.69, 9.17) is 14.2 Å². The standard InChI is InChI=1S/C16H19NO3/c1-18-13-9-15(19-2)14(16(10-13)20-3)11-17-12-7-5-4-6-8-12/h4-10,17H,11H2,1-3H3. The maximum atomic E-state index is 5.42. The van der Waals surface area contributed by atoms with Crippen LogP contribution >= 0.6 is 0 Å². The number of para-hydroxylation sites is 1. The minimum Gasteiger partial charge on any atom is -0.496 e. The molecular formula is C16H19NO3. The second kappa shape index (κ2) is 6.70. The van der Waals surface area contributed by atoms with Crippen molar-refractivity contribution in [3.05, 3.63) is 48.0 Å². The summed E-state index contributed by atoms with van der Waals surface area (Å²) in [5, 5.41) is 3.35. The summed E-state index contributed by atoms with van der Waals surface area (Å²) in [6.07, 6.45) is 0. The van der Waals surface area contributed by atoms with Crippen molar-refractivity contribution in [1.82, 2.24) is 0 Å². The molecule has 0 aliphatic heterocycles. The molecule has 0 unspecified atom stereocenters. The number of rotatable bonds is 6. The van der Waals surface area contributed by atoms with Crippen LogP contribution in [0.2, 0.25) is 0 Å². The molecule has 1 N–H and O–H groups in total. The minimum atomic E-state index is 0.611. The molecule has 2 aromatic carbocycles. The summed E-state index contributed by atoms with van der Waals surface area (Å²) in [6, 6.07) is 13.7. The lowest BCUT2D eigenvalue weighted by atomic mass is 10.1. The number of hydrogen-bond acceptors (Lipinski definition) is 4. The van der Waals surface area contributed by atoms with Crippen LogP contribution in [0.1, 0.15) is 5.56 Å². The maximum absolute atomic E-state index is 5.42. The molecule has 0 radical (unpaired) electrons. The van der Waals surface area contributed by atoms with Crippen molar-refractivity contribution < 1.29 is 14.2 Å². The van der Waals surface area contributed by atoms with Gasteiger partial charge < -0.3 is 19.5 Å². The Bertz CT molecular complexity index is 530. The normalized spacial score (nSPS) is 9.95. The highest BCUT2D eigenvalue weighted by Crippen LogP contribution is 2.34. The minimum absolute atomic E-state index is 0.611. The van der Waals surface area contributed by atoms with Gasteiger partial charge in [-0.05, 0) is 12.1 Å². The smallest absolute Gasteiger partial charge is 0.131 e. The van der Waals surface area contributed by atoms with E-state index >= 15 is 0 Å². The van der Waals surface area contributed by atoms with E-state index < -0.39 is 0 Å². The maximum Gasteiger partial charge on any atom is 0.131 e. The lowest BCUT2D eigenvalue weighted by Gasteiger charge is -2.16. The molecular weight excluding hydrogens is 254 g/mol. The molecule has 4 nitrogen and oxygen atoms in total. The van der Waals surface area contributed by atoms with Crippen LogP contribution < -0.4 is 19.5 Å². The molecule has 0 aliphatic rings. The Labute approximate surface area is 119 Å². The van der Waals surface area contributed by atoms with Crippen LogP contribution in [0, 0.1) is 0 Å². The van der Waals surface area contributed by atoms with Gasteiger partial charge in [0, 0.05) is 24.4 Å². The molecule has 0 saturated heterocycles. The third-order valence-corrected chi connectivity index (χ3v) is 3.06. The average molecular weight is 273 g/mol. The Balaban J connectivity index is 2.25. The van der Waals surface area contributed by atoms with Crippen molar-refractivity contribution in [3.8, 4) is 17.2 Å². The van der Waals surface area contributed by atoms with Gasteiger partial charge in [0.05, 0.1) is 26.9 Å². The van der Waals surface area contributed by atoms with Gasteiger partial charge in [-0.2, -0.15) is 0 Å². The molecule has 0 spiro atoms. The van der Waals surface area contributed by atoms with E-state index in [0.717, 1.165) is 22.7 Å². The van der Waals surface area contributed by atoms with Gasteiger partial charge in [-0.3, -0.25) is 0 Å². The third kappa shape index (κ3) is 3.15. The molecule has 4 heteroatoms. The van der Waals surface area contributed by atoms with Gasteiger partial charge in [-0.15, -0.1) is 0 Å². The van der Waals surface area contributed by atoms with Crippen LogP contribution in [0.25, 0.3) is 0 Å². The van der Waals surface area contributed by atoms with E-state index in [1.807, 2.05) is 42.5 Å². The second-order valence-electron chi connectivity index (χ2n) is 4.23. The fourth-order valence-corrected chi connectivity index (χ4v) is 2.00. The van der Waals surface area contributed by atoms with Crippen molar-refractivity contribution >= 4 is 5.69 Å². The highest BCUT2D eigenvalue weighted by atomic mass is 16.5. The van der Waals surface area contributed by atoms with Crippen molar-refractivity contribution in [1.29, 1.82) is 0 Å². The number of benzene rings is 2. The van der Waals surface area contributed by atoms with Gasteiger partial charge in [0.25, 0.3) is 0 Å². The zero-order valence-corrected chi connectivity index (χ0v) is 12.0. The first-order valence-electron chi connectivity index (χ1n) is 6.36. The molecule has 0 saturated carbocycles. The Morgan fingerprint density at radius 2 is 1.45 bits per heavy atom. The Kier molecular flexibility index (Phi) is 4.71. The predicted octanol–water partition coefficient (Wildman–Crippen LogP) is 3.32. The largest absolute Gasteiger partial charge is 0.496 e. The number of ether oxygens (including phenoxy) is 3. The van der Waals surface area contributed by atoms with E-state index in [9.17, 15) is 0 Å². The summed E-state index contributed by atoms with van der Waals surface area (Å²) in [6.45, 7) is 0.611. The van der Waals surface area contributed by atoms with E-state index in [2.05, 4.69) is 5.32 Å². The summed E-state index contributed by atoms with van der Waals surface area (Å²) in [5.74, 6) is 2.19. The lowest BCUT2D eigenvalue weighted by molar-refractivity contribution is 0.369. The van der Waals surface area contributed by atoms with Crippen molar-refractivity contribution in [2.75, 3.05) is 26.6 Å². The highest BCUT2D eigenvalue weighted by molar-refractivity contribution is 5.53. The zero-order valence-electron chi connectivity index (χ0n) is 12.0. The summed E-state index contributed by atoms with van der Waals surface area (Å²) in [7, 11) is 4.90. The molecule has 0 fully saturated rings. The van der Waals surface area contributed by atoms with Crippen LogP contribution in [0.5, 0.6) is 17.2 Å². The highest BCUT2D eigenvalue weighted by Gasteiger charge is 2.12. The fraction of sp³-hybridized carbons (Fsp3) is 0.250. The van der Waals surface area contributed by atoms with E-state index in [0.29, 0.717) is 12.3 Å². The van der Waals surface area contributed by atoms with Crippen LogP contribution in [0.15, 0.2) is 42.5 Å². The van der Waals surface area contributed by atoms with Crippen LogP contribution in [0.4, 0.5) is 5.69 Å². The molecule has 0 aliphatic carbocycles. The second-order valence-corrected chi connectivity index (χ2v) is 4.23. The molecule has 2 rings (SSSR count). The van der Waals surface area contributed by atoms with Crippen molar-refractivity contribution in [2.45, 2.75) is 6.54 Å². The quantitative estimate of drug-likeness (QED) is 0.876. The van der Waals surface area contributed by atoms with E-state index in [-0.39, 0.29) is 0 Å². The molecule has 106 valence electrons. The van der Waals surface area contributed by atoms with E-state index in [1.54, 1.807) is 21.3 Å². The van der Waals surface area contributed by atoms with Crippen molar-refractivity contribution in [3.63, 3.8) is 0 Å². The fourth-order valence-electron chi connectivity index (χ4n) is 2.00. The molecule has 0 aromatic heterocycles.